The molecule has 6 rings (SSSR count). The van der Waals surface area contributed by atoms with E-state index in [0.717, 1.165) is 44.6 Å². The predicted octanol–water partition coefficient (Wildman–Crippen LogP) is 2.35. The van der Waals surface area contributed by atoms with Crippen LogP contribution in [-0.4, -0.2) is 71.4 Å². The number of nitrogens with one attached hydrogen (secondary N) is 1. The molecule has 0 amide bonds. The van der Waals surface area contributed by atoms with Crippen molar-refractivity contribution in [1.29, 1.82) is 0 Å². The third kappa shape index (κ3) is 3.92. The van der Waals surface area contributed by atoms with Gasteiger partial charge >= 0.3 is 0 Å². The second-order valence-corrected chi connectivity index (χ2v) is 8.62. The van der Waals surface area contributed by atoms with E-state index < -0.39 is 0 Å². The molecule has 0 unspecified atom stereocenters. The van der Waals surface area contributed by atoms with Crippen LogP contribution in [0.1, 0.15) is 51.4 Å². The molecule has 2 bridgehead atoms. The molecule has 0 saturated carbocycles. The van der Waals surface area contributed by atoms with Crippen LogP contribution in [0.5, 0.6) is 0 Å². The third-order valence-electron chi connectivity index (χ3n) is 6.63. The fraction of sp³-hybridized carbons (Fsp3) is 0.800. The molecule has 0 spiro atoms. The number of anilines is 3. The maximum atomic E-state index is 4.85. The van der Waals surface area contributed by atoms with Gasteiger partial charge in [0.2, 0.25) is 17.8 Å². The zero-order valence-electron chi connectivity index (χ0n) is 16.8. The molecule has 5 aliphatic rings. The van der Waals surface area contributed by atoms with E-state index in [2.05, 4.69) is 20.1 Å². The number of aromatic nitrogens is 3. The highest BCUT2D eigenvalue weighted by Gasteiger charge is 2.31. The Kier molecular flexibility index (Phi) is 5.29. The van der Waals surface area contributed by atoms with Gasteiger partial charge in [0, 0.05) is 38.6 Å². The van der Waals surface area contributed by atoms with E-state index >= 15 is 0 Å². The molecule has 1 aromatic rings. The van der Waals surface area contributed by atoms with E-state index in [1.807, 2.05) is 0 Å². The first-order valence-corrected chi connectivity index (χ1v) is 11.2. The minimum atomic E-state index is 0.597. The largest absolute Gasteiger partial charge is 0.341 e. The minimum absolute atomic E-state index is 0.597. The average Bonchev–Trinajstić information content (AvgIpc) is 2.79. The number of hydrogen-bond donors (Lipinski definition) is 1. The highest BCUT2D eigenvalue weighted by molar-refractivity contribution is 5.90. The van der Waals surface area contributed by atoms with Crippen LogP contribution in [0, 0.1) is 5.92 Å². The van der Waals surface area contributed by atoms with Crippen LogP contribution >= 0.6 is 0 Å². The van der Waals surface area contributed by atoms with Crippen molar-refractivity contribution < 1.29 is 0 Å². The Hall–Kier alpha value is -1.96. The summed E-state index contributed by atoms with van der Waals surface area (Å²) in [5, 5.41) is 4.74. The van der Waals surface area contributed by atoms with Crippen molar-refractivity contribution in [2.24, 2.45) is 11.0 Å². The summed E-state index contributed by atoms with van der Waals surface area (Å²) < 4.78 is 0. The van der Waals surface area contributed by atoms with Crippen LogP contribution in [0.2, 0.25) is 0 Å². The molecule has 28 heavy (non-hydrogen) atoms. The number of fused-ring (bicyclic) bond motifs is 3. The average molecular weight is 385 g/mol. The summed E-state index contributed by atoms with van der Waals surface area (Å²) in [5.41, 5.74) is 4.47. The van der Waals surface area contributed by atoms with Crippen molar-refractivity contribution in [3.8, 4) is 0 Å². The van der Waals surface area contributed by atoms with Gasteiger partial charge in [-0.2, -0.15) is 20.1 Å². The van der Waals surface area contributed by atoms with Crippen LogP contribution in [0.4, 0.5) is 17.8 Å². The third-order valence-corrected chi connectivity index (χ3v) is 6.63. The normalized spacial score (nSPS) is 29.4. The SMILES string of the molecule is C1CCN(c2nc(N/N=C3/CN4CCC3CC4)nc(N3CCCCC3)n2)CC1. The van der Waals surface area contributed by atoms with Crippen molar-refractivity contribution in [1.82, 2.24) is 19.9 Å². The maximum absolute atomic E-state index is 4.85. The lowest BCUT2D eigenvalue weighted by Crippen LogP contribution is -2.48. The van der Waals surface area contributed by atoms with Gasteiger partial charge in [0.1, 0.15) is 0 Å². The van der Waals surface area contributed by atoms with Crippen LogP contribution in [0.25, 0.3) is 0 Å². The molecule has 6 heterocycles. The molecule has 1 N–H and O–H groups in total. The van der Waals surface area contributed by atoms with E-state index in [-0.39, 0.29) is 0 Å². The molecule has 1 aromatic heterocycles. The number of nitrogens with zero attached hydrogens (tertiary/aromatic N) is 7. The molecule has 0 radical (unpaired) electrons. The van der Waals surface area contributed by atoms with Crippen molar-refractivity contribution in [2.75, 3.05) is 61.0 Å². The van der Waals surface area contributed by atoms with Crippen LogP contribution in [0.15, 0.2) is 5.10 Å². The summed E-state index contributed by atoms with van der Waals surface area (Å²) in [4.78, 5) is 21.4. The molecule has 0 aromatic carbocycles. The van der Waals surface area contributed by atoms with Gasteiger partial charge in [0.05, 0.1) is 5.71 Å². The standard InChI is InChI=1S/C20H32N8/c1-3-9-27(10-4-1)19-21-18(22-20(23-19)28-11-5-2-6-12-28)25-24-17-15-26-13-7-16(17)8-14-26/h16H,1-15H2,(H,21,22,23,25)/b24-17-. The van der Waals surface area contributed by atoms with E-state index in [4.69, 9.17) is 20.1 Å². The van der Waals surface area contributed by atoms with E-state index in [0.29, 0.717) is 11.9 Å². The van der Waals surface area contributed by atoms with Crippen molar-refractivity contribution >= 4 is 23.6 Å². The molecule has 8 heteroatoms. The van der Waals surface area contributed by atoms with Crippen molar-refractivity contribution in [3.05, 3.63) is 0 Å². The Morgan fingerprint density at radius 2 is 1.29 bits per heavy atom. The van der Waals surface area contributed by atoms with E-state index in [1.54, 1.807) is 0 Å². The molecular formula is C20H32N8. The maximum Gasteiger partial charge on any atom is 0.250 e. The van der Waals surface area contributed by atoms with Gasteiger partial charge in [-0.15, -0.1) is 0 Å². The van der Waals surface area contributed by atoms with Gasteiger partial charge in [-0.1, -0.05) is 0 Å². The summed E-state index contributed by atoms with van der Waals surface area (Å²) in [5.74, 6) is 2.85. The molecule has 8 nitrogen and oxygen atoms in total. The van der Waals surface area contributed by atoms with Gasteiger partial charge < -0.3 is 9.80 Å². The highest BCUT2D eigenvalue weighted by Crippen LogP contribution is 2.26. The van der Waals surface area contributed by atoms with Gasteiger partial charge in [-0.25, -0.2) is 5.43 Å². The molecule has 0 aliphatic carbocycles. The Bertz CT molecular complexity index is 664. The van der Waals surface area contributed by atoms with Gasteiger partial charge in [-0.3, -0.25) is 4.90 Å². The number of piperidine rings is 5. The predicted molar refractivity (Wildman–Crippen MR) is 112 cm³/mol. The van der Waals surface area contributed by atoms with Crippen molar-refractivity contribution in [2.45, 2.75) is 51.4 Å². The summed E-state index contributed by atoms with van der Waals surface area (Å²) in [6.45, 7) is 7.56. The quantitative estimate of drug-likeness (QED) is 0.799. The second kappa shape index (κ2) is 8.19. The Balaban J connectivity index is 1.39. The molecule has 5 fully saturated rings. The smallest absolute Gasteiger partial charge is 0.250 e. The lowest BCUT2D eigenvalue weighted by Gasteiger charge is -2.39. The molecule has 5 aliphatic heterocycles. The van der Waals surface area contributed by atoms with Gasteiger partial charge in [-0.05, 0) is 64.5 Å². The Labute approximate surface area is 167 Å². The second-order valence-electron chi connectivity index (χ2n) is 8.62. The first-order chi connectivity index (χ1) is 13.8. The summed E-state index contributed by atoms with van der Waals surface area (Å²) >= 11 is 0. The summed E-state index contributed by atoms with van der Waals surface area (Å²) in [7, 11) is 0. The lowest BCUT2D eigenvalue weighted by molar-refractivity contribution is 0.200. The molecule has 0 atom stereocenters. The zero-order valence-corrected chi connectivity index (χ0v) is 16.8. The molecule has 5 saturated heterocycles. The lowest BCUT2D eigenvalue weighted by atomic mass is 9.87. The monoisotopic (exact) mass is 384 g/mol. The Morgan fingerprint density at radius 1 is 0.714 bits per heavy atom. The van der Waals surface area contributed by atoms with Crippen LogP contribution < -0.4 is 15.2 Å². The minimum Gasteiger partial charge on any atom is -0.341 e. The van der Waals surface area contributed by atoms with E-state index in [9.17, 15) is 0 Å². The number of hydrogen-bond acceptors (Lipinski definition) is 8. The van der Waals surface area contributed by atoms with Crippen LogP contribution in [0.3, 0.4) is 0 Å². The molecular weight excluding hydrogens is 352 g/mol. The number of rotatable bonds is 4. The fourth-order valence-corrected chi connectivity index (χ4v) is 4.91. The summed E-state index contributed by atoms with van der Waals surface area (Å²) in [6, 6.07) is 0. The zero-order chi connectivity index (χ0) is 18.8. The molecule has 152 valence electrons. The van der Waals surface area contributed by atoms with Gasteiger partial charge in [0.15, 0.2) is 0 Å². The van der Waals surface area contributed by atoms with Crippen LogP contribution in [-0.2, 0) is 0 Å². The number of hydrazone groups is 1. The Morgan fingerprint density at radius 3 is 1.79 bits per heavy atom. The first-order valence-electron chi connectivity index (χ1n) is 11.2. The van der Waals surface area contributed by atoms with E-state index in [1.165, 1.54) is 70.2 Å². The topological polar surface area (TPSA) is 72.8 Å². The first kappa shape index (κ1) is 18.1. The fourth-order valence-electron chi connectivity index (χ4n) is 4.91. The summed E-state index contributed by atoms with van der Waals surface area (Å²) in [6.07, 6.45) is 9.93. The highest BCUT2D eigenvalue weighted by atomic mass is 15.4. The van der Waals surface area contributed by atoms with Crippen molar-refractivity contribution in [3.63, 3.8) is 0 Å². The van der Waals surface area contributed by atoms with Gasteiger partial charge in [0.25, 0.3) is 0 Å².